The van der Waals surface area contributed by atoms with Gasteiger partial charge in [0.05, 0.1) is 11.3 Å². The molecule has 1 saturated heterocycles. The summed E-state index contributed by atoms with van der Waals surface area (Å²) in [4.78, 5) is 0. The Morgan fingerprint density at radius 3 is 2.56 bits per heavy atom. The minimum absolute atomic E-state index is 0.142. The molecule has 1 aliphatic rings. The molecular weight excluding hydrogens is 233 g/mol. The molecule has 1 heterocycles. The van der Waals surface area contributed by atoms with Crippen LogP contribution in [0.4, 0.5) is 10.1 Å². The lowest BCUT2D eigenvalue weighted by Gasteiger charge is -2.27. The van der Waals surface area contributed by atoms with Crippen LogP contribution in [0.2, 0.25) is 0 Å². The zero-order valence-electron chi connectivity index (χ0n) is 11.3. The van der Waals surface area contributed by atoms with Crippen LogP contribution in [0.1, 0.15) is 34.1 Å². The van der Waals surface area contributed by atoms with Gasteiger partial charge in [-0.15, -0.1) is 0 Å². The maximum Gasteiger partial charge on any atom is 0.145 e. The molecule has 1 atom stereocenters. The number of hydrogen-bond donors (Lipinski definition) is 1. The first-order valence-corrected chi connectivity index (χ1v) is 6.11. The van der Waals surface area contributed by atoms with E-state index in [9.17, 15) is 4.39 Å². The van der Waals surface area contributed by atoms with Gasteiger partial charge >= 0.3 is 0 Å². The average molecular weight is 253 g/mol. The maximum atomic E-state index is 13.2. The Morgan fingerprint density at radius 2 is 2.00 bits per heavy atom. The van der Waals surface area contributed by atoms with Crippen LogP contribution in [0.25, 0.3) is 0 Å². The van der Waals surface area contributed by atoms with E-state index >= 15 is 0 Å². The van der Waals surface area contributed by atoms with Crippen LogP contribution >= 0.6 is 0 Å². The molecule has 2 N–H and O–H groups in total. The molecule has 100 valence electrons. The van der Waals surface area contributed by atoms with Crippen molar-refractivity contribution in [2.75, 3.05) is 5.73 Å². The van der Waals surface area contributed by atoms with Gasteiger partial charge in [0.25, 0.3) is 0 Å². The van der Waals surface area contributed by atoms with Crippen LogP contribution in [0.5, 0.6) is 5.75 Å². The smallest absolute Gasteiger partial charge is 0.145 e. The summed E-state index contributed by atoms with van der Waals surface area (Å²) in [6, 6.07) is 4.15. The van der Waals surface area contributed by atoms with E-state index in [2.05, 4.69) is 0 Å². The number of benzene rings is 1. The zero-order valence-corrected chi connectivity index (χ0v) is 11.3. The number of nitrogens with two attached hydrogens (primary N) is 1. The predicted octanol–water partition coefficient (Wildman–Crippen LogP) is 3.13. The average Bonchev–Trinajstić information content (AvgIpc) is 2.40. The van der Waals surface area contributed by atoms with Crippen molar-refractivity contribution >= 4 is 5.69 Å². The summed E-state index contributed by atoms with van der Waals surface area (Å²) in [6.07, 6.45) is 0.604. The fourth-order valence-corrected chi connectivity index (χ4v) is 2.46. The normalized spacial score (nSPS) is 25.1. The molecule has 0 amide bonds. The fraction of sp³-hybridized carbons (Fsp3) is 0.571. The lowest BCUT2D eigenvalue weighted by molar-refractivity contribution is -0.0845. The number of hydrogen-bond acceptors (Lipinski definition) is 3. The summed E-state index contributed by atoms with van der Waals surface area (Å²) < 4.78 is 25.0. The molecule has 2 rings (SSSR count). The van der Waals surface area contributed by atoms with Crippen molar-refractivity contribution in [3.05, 3.63) is 24.0 Å². The Bertz CT molecular complexity index is 457. The largest absolute Gasteiger partial charge is 0.485 e. The molecule has 0 aliphatic carbocycles. The second-order valence-corrected chi connectivity index (χ2v) is 5.96. The Kier molecular flexibility index (Phi) is 3.01. The molecule has 0 radical (unpaired) electrons. The second kappa shape index (κ2) is 4.12. The van der Waals surface area contributed by atoms with Gasteiger partial charge in [-0.2, -0.15) is 0 Å². The van der Waals surface area contributed by atoms with E-state index in [1.807, 2.05) is 27.7 Å². The van der Waals surface area contributed by atoms with Crippen molar-refractivity contribution in [3.63, 3.8) is 0 Å². The van der Waals surface area contributed by atoms with E-state index in [0.717, 1.165) is 6.42 Å². The Labute approximate surface area is 107 Å². The molecule has 1 aliphatic heterocycles. The third-order valence-corrected chi connectivity index (χ3v) is 3.24. The van der Waals surface area contributed by atoms with Crippen molar-refractivity contribution in [3.8, 4) is 5.75 Å². The van der Waals surface area contributed by atoms with Crippen LogP contribution in [-0.2, 0) is 4.74 Å². The monoisotopic (exact) mass is 253 g/mol. The molecule has 0 spiro atoms. The van der Waals surface area contributed by atoms with Crippen molar-refractivity contribution < 1.29 is 13.9 Å². The van der Waals surface area contributed by atoms with Crippen LogP contribution in [0.3, 0.4) is 0 Å². The lowest BCUT2D eigenvalue weighted by Crippen LogP contribution is -2.36. The maximum absolute atomic E-state index is 13.2. The van der Waals surface area contributed by atoms with Crippen LogP contribution in [-0.4, -0.2) is 17.3 Å². The van der Waals surface area contributed by atoms with Crippen LogP contribution in [0, 0.1) is 5.82 Å². The van der Waals surface area contributed by atoms with Crippen molar-refractivity contribution in [1.29, 1.82) is 0 Å². The van der Waals surface area contributed by atoms with Gasteiger partial charge in [0, 0.05) is 12.5 Å². The molecule has 0 aromatic heterocycles. The number of halogens is 1. The molecule has 1 aromatic carbocycles. The summed E-state index contributed by atoms with van der Waals surface area (Å²) in [6.45, 7) is 7.99. The Morgan fingerprint density at radius 1 is 1.33 bits per heavy atom. The molecule has 0 bridgehead atoms. The van der Waals surface area contributed by atoms with Crippen molar-refractivity contribution in [2.24, 2.45) is 0 Å². The summed E-state index contributed by atoms with van der Waals surface area (Å²) >= 11 is 0. The molecule has 1 fully saturated rings. The van der Waals surface area contributed by atoms with Gasteiger partial charge in [-0.25, -0.2) is 4.39 Å². The first kappa shape index (κ1) is 13.1. The first-order valence-electron chi connectivity index (χ1n) is 6.11. The van der Waals surface area contributed by atoms with Gasteiger partial charge in [0.1, 0.15) is 23.3 Å². The van der Waals surface area contributed by atoms with E-state index < -0.39 is 5.60 Å². The molecule has 1 unspecified atom stereocenters. The third kappa shape index (κ3) is 2.58. The summed E-state index contributed by atoms with van der Waals surface area (Å²) in [5.41, 5.74) is 5.58. The quantitative estimate of drug-likeness (QED) is 0.823. The number of anilines is 1. The first-order chi connectivity index (χ1) is 8.20. The molecular formula is C14H20FNO2. The zero-order chi connectivity index (χ0) is 13.6. The standard InChI is InChI=1S/C14H20FNO2/c1-13(2)8-12(14(3,4)18-13)17-11-7-9(15)5-6-10(11)16/h5-7,12H,8,16H2,1-4H3. The molecule has 1 aromatic rings. The van der Waals surface area contributed by atoms with E-state index in [1.54, 1.807) is 0 Å². The highest BCUT2D eigenvalue weighted by atomic mass is 19.1. The van der Waals surface area contributed by atoms with E-state index in [1.165, 1.54) is 18.2 Å². The van der Waals surface area contributed by atoms with Gasteiger partial charge in [-0.3, -0.25) is 0 Å². The molecule has 4 heteroatoms. The van der Waals surface area contributed by atoms with Gasteiger partial charge in [0.15, 0.2) is 0 Å². The summed E-state index contributed by atoms with van der Waals surface area (Å²) in [7, 11) is 0. The van der Waals surface area contributed by atoms with Crippen molar-refractivity contribution in [1.82, 2.24) is 0 Å². The topological polar surface area (TPSA) is 44.5 Å². The van der Waals surface area contributed by atoms with Gasteiger partial charge in [0.2, 0.25) is 0 Å². The SMILES string of the molecule is CC1(C)CC(Oc2cc(F)ccc2N)C(C)(C)O1. The molecule has 0 saturated carbocycles. The minimum Gasteiger partial charge on any atom is -0.485 e. The van der Waals surface area contributed by atoms with E-state index in [4.69, 9.17) is 15.2 Å². The van der Waals surface area contributed by atoms with Gasteiger partial charge in [-0.05, 0) is 39.8 Å². The predicted molar refractivity (Wildman–Crippen MR) is 69.1 cm³/mol. The molecule has 18 heavy (non-hydrogen) atoms. The van der Waals surface area contributed by atoms with Gasteiger partial charge in [-0.1, -0.05) is 0 Å². The lowest BCUT2D eigenvalue weighted by atomic mass is 9.97. The van der Waals surface area contributed by atoms with Crippen LogP contribution in [0.15, 0.2) is 18.2 Å². The minimum atomic E-state index is -0.414. The number of nitrogen functional groups attached to an aromatic ring is 1. The van der Waals surface area contributed by atoms with Crippen LogP contribution < -0.4 is 10.5 Å². The number of ether oxygens (including phenoxy) is 2. The van der Waals surface area contributed by atoms with E-state index in [0.29, 0.717) is 11.4 Å². The summed E-state index contributed by atoms with van der Waals surface area (Å²) in [5, 5.41) is 0. The Hall–Kier alpha value is -1.29. The highest BCUT2D eigenvalue weighted by Crippen LogP contribution is 2.40. The highest BCUT2D eigenvalue weighted by Gasteiger charge is 2.47. The highest BCUT2D eigenvalue weighted by molar-refractivity contribution is 5.52. The van der Waals surface area contributed by atoms with E-state index in [-0.39, 0.29) is 17.5 Å². The molecule has 3 nitrogen and oxygen atoms in total. The van der Waals surface area contributed by atoms with Gasteiger partial charge < -0.3 is 15.2 Å². The third-order valence-electron chi connectivity index (χ3n) is 3.24. The second-order valence-electron chi connectivity index (χ2n) is 5.96. The fourth-order valence-electron chi connectivity index (χ4n) is 2.46. The summed E-state index contributed by atoms with van der Waals surface area (Å²) in [5.74, 6) is 0.0320. The van der Waals surface area contributed by atoms with Crippen molar-refractivity contribution in [2.45, 2.75) is 51.4 Å². The number of rotatable bonds is 2. The Balaban J connectivity index is 2.21.